The Morgan fingerprint density at radius 1 is 0.408 bits per heavy atom. The molecule has 9 nitrogen and oxygen atoms in total. The van der Waals surface area contributed by atoms with Crippen LogP contribution in [0.1, 0.15) is 231 Å². The van der Waals surface area contributed by atoms with Crippen LogP contribution in [0.25, 0.3) is 43.9 Å². The van der Waals surface area contributed by atoms with Gasteiger partial charge in [0.25, 0.3) is 0 Å². The molecule has 0 spiro atoms. The molecule has 76 heavy (non-hydrogen) atoms. The SMILES string of the molecule is C[C@@H](Op1oc2c(C(C)(C)C)cc(C(C)(C)C)cc2c2cc(C(C)(C)C)cc(C(C)(C)C)c2o1)[C@H]1O[C@@H]2OC(C)(C)O[C@@H]2[C@H]1Op1oc2c(C(C)(C)C)cc(C(C)(C)C)cc2c2cc(C(C)(C)C)cc(C(C)(C)C)c2o1. The summed E-state index contributed by atoms with van der Waals surface area (Å²) in [5, 5.41) is 3.99. The first kappa shape index (κ1) is 58.6. The Morgan fingerprint density at radius 3 is 0.974 bits per heavy atom. The van der Waals surface area contributed by atoms with E-state index in [0.29, 0.717) is 0 Å². The summed E-state index contributed by atoms with van der Waals surface area (Å²) in [7, 11) is -4.28. The summed E-state index contributed by atoms with van der Waals surface area (Å²) in [5.41, 5.74) is 10.5. The Kier molecular flexibility index (Phi) is 14.7. The van der Waals surface area contributed by atoms with E-state index < -0.39 is 53.0 Å². The summed E-state index contributed by atoms with van der Waals surface area (Å²) < 4.78 is 64.0. The summed E-state index contributed by atoms with van der Waals surface area (Å²) in [6.45, 7) is 60.0. The Labute approximate surface area is 458 Å². The highest BCUT2D eigenvalue weighted by atomic mass is 31.1. The summed E-state index contributed by atoms with van der Waals surface area (Å²) in [4.78, 5) is 0. The van der Waals surface area contributed by atoms with Gasteiger partial charge in [0, 0.05) is 43.8 Å². The number of benzene rings is 4. The molecule has 0 unspecified atom stereocenters. The standard InChI is InChI=1S/C65H94O9P2/c1-36(69-75-70-50-41(28-37(57(2,3)4)32-45(50)61(14,15)16)42-29-38(58(5,6)7)33-46(51(42)71-75)62(17,18)19)49-54(55-56(66-49)68-65(26,27)67-55)74-76-72-52-43(30-39(59(8,9)10)34-47(52)63(20,21)22)44-31-40(60(11,12)13)35-48(53(44)73-76)64(23,24)25/h28-36,49,54-56H,1-27H3/t36-,49-,54+,55-,56-/m1/s1. The number of hydrogen-bond donors (Lipinski definition) is 0. The van der Waals surface area contributed by atoms with Crippen LogP contribution < -0.4 is 9.05 Å². The fraction of sp³-hybridized carbons (Fsp3) is 0.631. The average Bonchev–Trinajstić information content (AvgIpc) is 3.57. The molecule has 2 fully saturated rings. The highest BCUT2D eigenvalue weighted by Gasteiger charge is 2.58. The van der Waals surface area contributed by atoms with Gasteiger partial charge >= 0.3 is 16.5 Å². The zero-order chi connectivity index (χ0) is 56.8. The van der Waals surface area contributed by atoms with Crippen LogP contribution in [0.2, 0.25) is 0 Å². The van der Waals surface area contributed by atoms with Gasteiger partial charge in [-0.05, 0) is 111 Å². The molecule has 2 aliphatic rings. The first-order valence-electron chi connectivity index (χ1n) is 27.8. The molecule has 4 heterocycles. The molecule has 0 N–H and O–H groups in total. The molecular weight excluding hydrogens is 987 g/mol. The second-order valence-corrected chi connectivity index (χ2v) is 32.9. The van der Waals surface area contributed by atoms with Crippen LogP contribution in [0, 0.1) is 0 Å². The van der Waals surface area contributed by atoms with Gasteiger partial charge in [-0.1, -0.05) is 190 Å². The van der Waals surface area contributed by atoms with Crippen molar-refractivity contribution in [1.29, 1.82) is 0 Å². The molecule has 2 aromatic heterocycles. The largest absolute Gasteiger partial charge is 0.399 e. The van der Waals surface area contributed by atoms with Gasteiger partial charge < -0.3 is 31.0 Å². The molecule has 4 aromatic carbocycles. The lowest BCUT2D eigenvalue weighted by Crippen LogP contribution is -2.44. The zero-order valence-corrected chi connectivity index (χ0v) is 53.4. The molecule has 0 aliphatic carbocycles. The van der Waals surface area contributed by atoms with E-state index in [2.05, 4.69) is 215 Å². The normalized spacial score (nSPS) is 20.6. The quantitative estimate of drug-likeness (QED) is 0.167. The molecule has 418 valence electrons. The summed E-state index contributed by atoms with van der Waals surface area (Å²) in [5.74, 6) is -0.940. The minimum atomic E-state index is -2.17. The van der Waals surface area contributed by atoms with Crippen LogP contribution in [0.4, 0.5) is 0 Å². The molecule has 5 atom stereocenters. The molecule has 6 aromatic rings. The van der Waals surface area contributed by atoms with Crippen molar-refractivity contribution in [2.75, 3.05) is 0 Å². The lowest BCUT2D eigenvalue weighted by Gasteiger charge is -2.28. The Bertz CT molecular complexity index is 3090. The summed E-state index contributed by atoms with van der Waals surface area (Å²) in [6, 6.07) is 18.5. The molecular formula is C65H94O9P2. The first-order valence-corrected chi connectivity index (χ1v) is 30.0. The topological polar surface area (TPSA) is 98.7 Å². The molecule has 0 saturated carbocycles. The molecule has 11 heteroatoms. The molecule has 0 amide bonds. The Morgan fingerprint density at radius 2 is 0.697 bits per heavy atom. The van der Waals surface area contributed by atoms with Crippen molar-refractivity contribution in [2.45, 2.75) is 267 Å². The molecule has 0 bridgehead atoms. The van der Waals surface area contributed by atoms with Crippen LogP contribution >= 0.6 is 16.5 Å². The predicted molar refractivity (Wildman–Crippen MR) is 317 cm³/mol. The van der Waals surface area contributed by atoms with Gasteiger partial charge in [0.2, 0.25) is 0 Å². The van der Waals surface area contributed by atoms with Crippen LogP contribution in [0.15, 0.2) is 65.3 Å². The Balaban J connectivity index is 1.38. The van der Waals surface area contributed by atoms with Crippen molar-refractivity contribution in [3.63, 3.8) is 0 Å². The van der Waals surface area contributed by atoms with Crippen molar-refractivity contribution in [3.05, 3.63) is 93.0 Å². The predicted octanol–water partition coefficient (Wildman–Crippen LogP) is 19.5. The second-order valence-electron chi connectivity index (χ2n) is 30.9. The van der Waals surface area contributed by atoms with E-state index >= 15 is 0 Å². The first-order chi connectivity index (χ1) is 34.3. The zero-order valence-electron chi connectivity index (χ0n) is 51.6. The van der Waals surface area contributed by atoms with Crippen LogP contribution in [0.3, 0.4) is 0 Å². The number of hydrogen-bond acceptors (Lipinski definition) is 9. The van der Waals surface area contributed by atoms with Gasteiger partial charge in [-0.3, -0.25) is 9.05 Å². The third kappa shape index (κ3) is 11.7. The van der Waals surface area contributed by atoms with Gasteiger partial charge in [0.05, 0.1) is 6.10 Å². The van der Waals surface area contributed by atoms with Crippen LogP contribution in [-0.2, 0) is 57.5 Å². The highest BCUT2D eigenvalue weighted by Crippen LogP contribution is 2.50. The number of ether oxygens (including phenoxy) is 3. The van der Waals surface area contributed by atoms with Crippen molar-refractivity contribution in [2.24, 2.45) is 0 Å². The van der Waals surface area contributed by atoms with E-state index in [1.54, 1.807) is 0 Å². The van der Waals surface area contributed by atoms with Crippen molar-refractivity contribution < 1.29 is 40.0 Å². The van der Waals surface area contributed by atoms with E-state index in [1.165, 1.54) is 22.3 Å². The molecule has 8 rings (SSSR count). The van der Waals surface area contributed by atoms with Gasteiger partial charge in [0.1, 0.15) is 40.6 Å². The fourth-order valence-corrected chi connectivity index (χ4v) is 12.8. The summed E-state index contributed by atoms with van der Waals surface area (Å²) in [6.07, 6.45) is -3.56. The van der Waals surface area contributed by atoms with E-state index in [9.17, 15) is 0 Å². The van der Waals surface area contributed by atoms with E-state index in [4.69, 9.17) is 40.0 Å². The molecule has 2 aliphatic heterocycles. The minimum Gasteiger partial charge on any atom is -0.399 e. The maximum absolute atomic E-state index is 7.40. The van der Waals surface area contributed by atoms with Crippen LogP contribution in [-0.4, -0.2) is 36.5 Å². The van der Waals surface area contributed by atoms with Crippen molar-refractivity contribution >= 4 is 60.4 Å². The lowest BCUT2D eigenvalue weighted by molar-refractivity contribution is -0.218. The maximum atomic E-state index is 7.40. The lowest BCUT2D eigenvalue weighted by atomic mass is 9.77. The van der Waals surface area contributed by atoms with Gasteiger partial charge in [-0.2, -0.15) is 0 Å². The number of fused-ring (bicyclic) bond motifs is 7. The summed E-state index contributed by atoms with van der Waals surface area (Å²) >= 11 is 0. The smallest absolute Gasteiger partial charge is 0.387 e. The van der Waals surface area contributed by atoms with Gasteiger partial charge in [0.15, 0.2) is 12.1 Å². The highest BCUT2D eigenvalue weighted by molar-refractivity contribution is 7.32. The van der Waals surface area contributed by atoms with E-state index in [1.807, 2.05) is 20.8 Å². The fourth-order valence-electron chi connectivity index (χ4n) is 10.4. The maximum Gasteiger partial charge on any atom is 0.387 e. The van der Waals surface area contributed by atoms with Gasteiger partial charge in [-0.15, -0.1) is 0 Å². The third-order valence-electron chi connectivity index (χ3n) is 15.2. The molecule has 0 radical (unpaired) electrons. The van der Waals surface area contributed by atoms with E-state index in [-0.39, 0.29) is 43.3 Å². The Hall–Kier alpha value is -3.52. The monoisotopic (exact) mass is 1080 g/mol. The minimum absolute atomic E-state index is 0.137. The van der Waals surface area contributed by atoms with Crippen molar-refractivity contribution in [3.8, 4) is 0 Å². The molecule has 2 saturated heterocycles. The second kappa shape index (κ2) is 19.1. The third-order valence-corrected chi connectivity index (χ3v) is 17.5. The van der Waals surface area contributed by atoms with E-state index in [0.717, 1.165) is 66.1 Å². The average molecular weight is 1080 g/mol. The van der Waals surface area contributed by atoms with Gasteiger partial charge in [-0.25, -0.2) is 0 Å². The number of rotatable bonds is 5. The van der Waals surface area contributed by atoms with Crippen molar-refractivity contribution in [1.82, 2.24) is 0 Å². The van der Waals surface area contributed by atoms with Crippen LogP contribution in [0.5, 0.6) is 0 Å².